The van der Waals surface area contributed by atoms with E-state index in [-0.39, 0.29) is 12.1 Å². The quantitative estimate of drug-likeness (QED) is 0.477. The molecule has 0 saturated heterocycles. The largest absolute Gasteiger partial charge is 0.463 e. The van der Waals surface area contributed by atoms with Crippen molar-refractivity contribution in [3.63, 3.8) is 0 Å². The van der Waals surface area contributed by atoms with Gasteiger partial charge in [-0.05, 0) is 25.7 Å². The summed E-state index contributed by atoms with van der Waals surface area (Å²) >= 11 is 2.18. The lowest BCUT2D eigenvalue weighted by Gasteiger charge is -2.26. The molecule has 0 aliphatic heterocycles. The third kappa shape index (κ3) is 3.26. The maximum absolute atomic E-state index is 10.6. The molecule has 0 radical (unpaired) electrons. The third-order valence-corrected chi connectivity index (χ3v) is 3.04. The van der Waals surface area contributed by atoms with Crippen molar-refractivity contribution in [3.8, 4) is 0 Å². The first-order valence-corrected chi connectivity index (χ1v) is 5.33. The summed E-state index contributed by atoms with van der Waals surface area (Å²) in [7, 11) is 0. The predicted molar refractivity (Wildman–Crippen MR) is 55.0 cm³/mol. The number of carbonyl (C=O) groups excluding carboxylic acids is 1. The predicted octanol–water partition coefficient (Wildman–Crippen LogP) is 1.80. The molecular weight excluding hydrogens is 269 g/mol. The SMILES string of the molecule is CC(=O)OC1CCC(NI)CC1. The van der Waals surface area contributed by atoms with Gasteiger partial charge in [0, 0.05) is 35.8 Å². The van der Waals surface area contributed by atoms with Gasteiger partial charge in [0.05, 0.1) is 0 Å². The van der Waals surface area contributed by atoms with Gasteiger partial charge in [-0.1, -0.05) is 0 Å². The van der Waals surface area contributed by atoms with Crippen molar-refractivity contribution < 1.29 is 9.53 Å². The Balaban J connectivity index is 2.21. The highest BCUT2D eigenvalue weighted by atomic mass is 127. The van der Waals surface area contributed by atoms with Crippen LogP contribution in [0.4, 0.5) is 0 Å². The number of hydrogen-bond acceptors (Lipinski definition) is 3. The van der Waals surface area contributed by atoms with Crippen molar-refractivity contribution in [1.29, 1.82) is 0 Å². The average molecular weight is 283 g/mol. The number of rotatable bonds is 2. The lowest BCUT2D eigenvalue weighted by molar-refractivity contribution is -0.147. The Morgan fingerprint density at radius 2 is 2.00 bits per heavy atom. The van der Waals surface area contributed by atoms with E-state index in [1.165, 1.54) is 6.92 Å². The first-order chi connectivity index (χ1) is 5.72. The number of nitrogens with one attached hydrogen (secondary N) is 1. The molecule has 0 unspecified atom stereocenters. The Morgan fingerprint density at radius 3 is 2.42 bits per heavy atom. The van der Waals surface area contributed by atoms with Crippen molar-refractivity contribution >= 4 is 28.8 Å². The smallest absolute Gasteiger partial charge is 0.302 e. The van der Waals surface area contributed by atoms with Gasteiger partial charge < -0.3 is 4.74 Å². The molecule has 1 rings (SSSR count). The van der Waals surface area contributed by atoms with E-state index in [4.69, 9.17) is 4.74 Å². The first-order valence-electron chi connectivity index (χ1n) is 4.25. The highest BCUT2D eigenvalue weighted by Crippen LogP contribution is 2.21. The molecule has 0 heterocycles. The van der Waals surface area contributed by atoms with Gasteiger partial charge in [0.2, 0.25) is 0 Å². The van der Waals surface area contributed by atoms with Crippen LogP contribution in [0.2, 0.25) is 0 Å². The topological polar surface area (TPSA) is 38.3 Å². The van der Waals surface area contributed by atoms with Crippen LogP contribution in [0.5, 0.6) is 0 Å². The molecule has 1 aliphatic rings. The second-order valence-electron chi connectivity index (χ2n) is 3.19. The first kappa shape index (κ1) is 10.2. The van der Waals surface area contributed by atoms with Gasteiger partial charge in [-0.25, -0.2) is 0 Å². The molecule has 1 saturated carbocycles. The minimum absolute atomic E-state index is 0.152. The minimum Gasteiger partial charge on any atom is -0.463 e. The summed E-state index contributed by atoms with van der Waals surface area (Å²) < 4.78 is 8.32. The Kier molecular flexibility index (Phi) is 4.28. The van der Waals surface area contributed by atoms with Gasteiger partial charge in [-0.3, -0.25) is 8.32 Å². The molecule has 0 aromatic heterocycles. The second-order valence-corrected chi connectivity index (χ2v) is 3.81. The maximum atomic E-state index is 10.6. The van der Waals surface area contributed by atoms with Crippen LogP contribution in [-0.4, -0.2) is 18.1 Å². The molecule has 0 atom stereocenters. The van der Waals surface area contributed by atoms with E-state index in [0.29, 0.717) is 6.04 Å². The van der Waals surface area contributed by atoms with Crippen molar-refractivity contribution in [1.82, 2.24) is 3.53 Å². The van der Waals surface area contributed by atoms with E-state index in [2.05, 4.69) is 26.4 Å². The molecule has 1 N–H and O–H groups in total. The van der Waals surface area contributed by atoms with Gasteiger partial charge in [-0.2, -0.15) is 0 Å². The van der Waals surface area contributed by atoms with Crippen LogP contribution in [0.25, 0.3) is 0 Å². The monoisotopic (exact) mass is 283 g/mol. The Hall–Kier alpha value is 0.160. The Bertz CT molecular complexity index is 155. The fourth-order valence-electron chi connectivity index (χ4n) is 1.52. The number of halogens is 1. The van der Waals surface area contributed by atoms with Gasteiger partial charge >= 0.3 is 5.97 Å². The summed E-state index contributed by atoms with van der Waals surface area (Å²) in [4.78, 5) is 10.6. The van der Waals surface area contributed by atoms with Gasteiger partial charge in [0.25, 0.3) is 0 Å². The van der Waals surface area contributed by atoms with E-state index >= 15 is 0 Å². The van der Waals surface area contributed by atoms with Gasteiger partial charge in [0.1, 0.15) is 6.10 Å². The average Bonchev–Trinajstić information content (AvgIpc) is 2.05. The molecule has 3 nitrogen and oxygen atoms in total. The number of esters is 1. The maximum Gasteiger partial charge on any atom is 0.302 e. The molecule has 0 aromatic carbocycles. The Labute approximate surface area is 86.7 Å². The highest BCUT2D eigenvalue weighted by molar-refractivity contribution is 14.1. The van der Waals surface area contributed by atoms with E-state index in [0.717, 1.165) is 25.7 Å². The van der Waals surface area contributed by atoms with Crippen molar-refractivity contribution in [3.05, 3.63) is 0 Å². The van der Waals surface area contributed by atoms with Crippen LogP contribution < -0.4 is 3.53 Å². The van der Waals surface area contributed by atoms with E-state index < -0.39 is 0 Å². The normalized spacial score (nSPS) is 29.8. The second kappa shape index (κ2) is 5.01. The van der Waals surface area contributed by atoms with Crippen molar-refractivity contribution in [2.75, 3.05) is 0 Å². The van der Waals surface area contributed by atoms with Crippen LogP contribution in [0.15, 0.2) is 0 Å². The summed E-state index contributed by atoms with van der Waals surface area (Å²) in [6, 6.07) is 0.609. The zero-order valence-electron chi connectivity index (χ0n) is 7.18. The molecule has 0 aromatic rings. The molecule has 70 valence electrons. The van der Waals surface area contributed by atoms with E-state index in [1.807, 2.05) is 0 Å². The van der Waals surface area contributed by atoms with E-state index in [9.17, 15) is 4.79 Å². The fraction of sp³-hybridized carbons (Fsp3) is 0.875. The summed E-state index contributed by atoms with van der Waals surface area (Å²) in [5, 5.41) is 0. The fourth-order valence-corrected chi connectivity index (χ4v) is 2.15. The standard InChI is InChI=1S/C8H14INO2/c1-6(11)12-8-4-2-7(10-9)3-5-8/h7-8,10H,2-5H2,1H3. The molecule has 0 bridgehead atoms. The molecule has 12 heavy (non-hydrogen) atoms. The van der Waals surface area contributed by atoms with Crippen LogP contribution in [0, 0.1) is 0 Å². The zero-order chi connectivity index (χ0) is 8.97. The molecule has 4 heteroatoms. The molecule has 1 aliphatic carbocycles. The lowest BCUT2D eigenvalue weighted by atomic mass is 9.94. The van der Waals surface area contributed by atoms with Crippen molar-refractivity contribution in [2.24, 2.45) is 0 Å². The van der Waals surface area contributed by atoms with Crippen LogP contribution in [-0.2, 0) is 9.53 Å². The third-order valence-electron chi connectivity index (χ3n) is 2.16. The molecule has 1 fully saturated rings. The summed E-state index contributed by atoms with van der Waals surface area (Å²) in [6.45, 7) is 1.47. The van der Waals surface area contributed by atoms with E-state index in [1.54, 1.807) is 0 Å². The van der Waals surface area contributed by atoms with Crippen LogP contribution >= 0.6 is 22.9 Å². The molecule has 0 amide bonds. The van der Waals surface area contributed by atoms with Gasteiger partial charge in [-0.15, -0.1) is 0 Å². The van der Waals surface area contributed by atoms with Crippen LogP contribution in [0.1, 0.15) is 32.6 Å². The Morgan fingerprint density at radius 1 is 1.42 bits per heavy atom. The van der Waals surface area contributed by atoms with Crippen LogP contribution in [0.3, 0.4) is 0 Å². The number of ether oxygens (including phenoxy) is 1. The lowest BCUT2D eigenvalue weighted by Crippen LogP contribution is -2.31. The highest BCUT2D eigenvalue weighted by Gasteiger charge is 2.21. The number of carbonyl (C=O) groups is 1. The molecular formula is C8H14INO2. The molecule has 0 spiro atoms. The summed E-state index contributed by atoms with van der Waals surface area (Å²) in [6.07, 6.45) is 4.39. The zero-order valence-corrected chi connectivity index (χ0v) is 9.34. The summed E-state index contributed by atoms with van der Waals surface area (Å²) in [5.41, 5.74) is 0. The van der Waals surface area contributed by atoms with Crippen molar-refractivity contribution in [2.45, 2.75) is 44.8 Å². The summed E-state index contributed by atoms with van der Waals surface area (Å²) in [5.74, 6) is -0.152. The number of hydrogen-bond donors (Lipinski definition) is 1. The minimum atomic E-state index is -0.152. The van der Waals surface area contributed by atoms with Gasteiger partial charge in [0.15, 0.2) is 0 Å².